The first-order valence-corrected chi connectivity index (χ1v) is 8.18. The van der Waals surface area contributed by atoms with E-state index >= 15 is 0 Å². The molecule has 1 N–H and O–H groups in total. The number of Topliss-reactive ketones (excluding diaryl/α,β-unsaturated/α-hetero) is 1. The monoisotopic (exact) mass is 341 g/mol. The van der Waals surface area contributed by atoms with Gasteiger partial charge in [-0.3, -0.25) is 14.9 Å². The maximum absolute atomic E-state index is 11.6. The molecule has 1 aliphatic rings. The summed E-state index contributed by atoms with van der Waals surface area (Å²) in [4.78, 5) is 32.7. The number of carbonyl (C=O) groups excluding carboxylic acids is 1. The van der Waals surface area contributed by atoms with Crippen molar-refractivity contribution in [1.82, 2.24) is 9.97 Å². The maximum atomic E-state index is 11.6. The van der Waals surface area contributed by atoms with Crippen molar-refractivity contribution in [2.24, 2.45) is 0 Å². The van der Waals surface area contributed by atoms with Crippen LogP contribution in [-0.2, 0) is 0 Å². The van der Waals surface area contributed by atoms with Gasteiger partial charge in [-0.05, 0) is 50.5 Å². The molecule has 3 rings (SSSR count). The van der Waals surface area contributed by atoms with E-state index in [1.54, 1.807) is 24.3 Å². The van der Waals surface area contributed by atoms with Crippen LogP contribution in [0.25, 0.3) is 0 Å². The lowest BCUT2D eigenvalue weighted by Gasteiger charge is -2.27. The number of nitrogens with one attached hydrogen (secondary N) is 1. The standard InChI is InChI=1S/C17H19N5O3/c1-12(23)13-5-7-14(8-6-13)20-16-15(22(24)25)17(19-11-18-16)21-9-3-2-4-10-21/h5-8,11H,2-4,9-10H2,1H3,(H,18,19,20). The molecule has 0 spiro atoms. The maximum Gasteiger partial charge on any atom is 0.353 e. The lowest BCUT2D eigenvalue weighted by Crippen LogP contribution is -2.31. The number of anilines is 3. The van der Waals surface area contributed by atoms with Crippen LogP contribution in [0.5, 0.6) is 0 Å². The Labute approximate surface area is 145 Å². The minimum Gasteiger partial charge on any atom is -0.351 e. The number of nitrogens with zero attached hydrogens (tertiary/aromatic N) is 4. The first-order valence-electron chi connectivity index (χ1n) is 8.18. The minimum atomic E-state index is -0.448. The van der Waals surface area contributed by atoms with E-state index in [1.165, 1.54) is 13.3 Å². The first kappa shape index (κ1) is 16.8. The van der Waals surface area contributed by atoms with Gasteiger partial charge in [0.2, 0.25) is 11.6 Å². The molecule has 0 aliphatic carbocycles. The molecule has 8 nitrogen and oxygen atoms in total. The lowest BCUT2D eigenvalue weighted by molar-refractivity contribution is -0.383. The highest BCUT2D eigenvalue weighted by molar-refractivity contribution is 5.94. The number of carbonyl (C=O) groups is 1. The number of hydrogen-bond acceptors (Lipinski definition) is 7. The van der Waals surface area contributed by atoms with Crippen molar-refractivity contribution in [1.29, 1.82) is 0 Å². The second-order valence-corrected chi connectivity index (χ2v) is 5.96. The predicted octanol–water partition coefficient (Wildman–Crippen LogP) is 3.32. The second-order valence-electron chi connectivity index (χ2n) is 5.96. The van der Waals surface area contributed by atoms with Crippen molar-refractivity contribution in [2.45, 2.75) is 26.2 Å². The number of benzene rings is 1. The highest BCUT2D eigenvalue weighted by Gasteiger charge is 2.27. The average Bonchev–Trinajstić information content (AvgIpc) is 2.62. The van der Waals surface area contributed by atoms with Crippen LogP contribution in [0, 0.1) is 10.1 Å². The van der Waals surface area contributed by atoms with E-state index in [1.807, 2.05) is 4.90 Å². The van der Waals surface area contributed by atoms with Crippen LogP contribution >= 0.6 is 0 Å². The van der Waals surface area contributed by atoms with Gasteiger partial charge < -0.3 is 10.2 Å². The van der Waals surface area contributed by atoms with Crippen molar-refractivity contribution < 1.29 is 9.72 Å². The number of ketones is 1. The Hall–Kier alpha value is -3.03. The van der Waals surface area contributed by atoms with Gasteiger partial charge in [-0.1, -0.05) is 0 Å². The fourth-order valence-electron chi connectivity index (χ4n) is 2.89. The molecular weight excluding hydrogens is 322 g/mol. The second kappa shape index (κ2) is 7.25. The smallest absolute Gasteiger partial charge is 0.351 e. The van der Waals surface area contributed by atoms with E-state index in [0.717, 1.165) is 32.4 Å². The molecule has 0 radical (unpaired) electrons. The van der Waals surface area contributed by atoms with Crippen LogP contribution in [0.2, 0.25) is 0 Å². The number of hydrogen-bond donors (Lipinski definition) is 1. The molecule has 0 amide bonds. The molecule has 130 valence electrons. The van der Waals surface area contributed by atoms with Gasteiger partial charge in [-0.25, -0.2) is 9.97 Å². The van der Waals surface area contributed by atoms with Gasteiger partial charge in [0.05, 0.1) is 4.92 Å². The fourth-order valence-corrected chi connectivity index (χ4v) is 2.89. The molecule has 1 fully saturated rings. The minimum absolute atomic E-state index is 0.0352. The summed E-state index contributed by atoms with van der Waals surface area (Å²) in [6, 6.07) is 6.73. The molecule has 25 heavy (non-hydrogen) atoms. The zero-order valence-corrected chi connectivity index (χ0v) is 13.9. The van der Waals surface area contributed by atoms with Crippen molar-refractivity contribution in [3.8, 4) is 0 Å². The Kier molecular flexibility index (Phi) is 4.87. The van der Waals surface area contributed by atoms with Crippen molar-refractivity contribution in [3.05, 3.63) is 46.3 Å². The highest BCUT2D eigenvalue weighted by Crippen LogP contribution is 2.34. The van der Waals surface area contributed by atoms with Crippen LogP contribution in [0.3, 0.4) is 0 Å². The molecule has 2 heterocycles. The van der Waals surface area contributed by atoms with Crippen molar-refractivity contribution in [3.63, 3.8) is 0 Å². The molecule has 1 aliphatic heterocycles. The predicted molar refractivity (Wildman–Crippen MR) is 94.5 cm³/mol. The molecule has 8 heteroatoms. The summed E-state index contributed by atoms with van der Waals surface area (Å²) >= 11 is 0. The molecule has 0 bridgehead atoms. The van der Waals surface area contributed by atoms with Crippen molar-refractivity contribution >= 4 is 28.8 Å². The molecule has 1 aromatic carbocycles. The van der Waals surface area contributed by atoms with Crippen molar-refractivity contribution in [2.75, 3.05) is 23.3 Å². The summed E-state index contributed by atoms with van der Waals surface area (Å²) in [5, 5.41) is 14.6. The highest BCUT2D eigenvalue weighted by atomic mass is 16.6. The summed E-state index contributed by atoms with van der Waals surface area (Å²) in [6.45, 7) is 3.00. The zero-order valence-electron chi connectivity index (χ0n) is 13.9. The molecule has 0 atom stereocenters. The number of nitro groups is 1. The zero-order chi connectivity index (χ0) is 17.8. The van der Waals surface area contributed by atoms with E-state index in [0.29, 0.717) is 17.1 Å². The van der Waals surface area contributed by atoms with E-state index in [9.17, 15) is 14.9 Å². The third-order valence-electron chi connectivity index (χ3n) is 4.20. The van der Waals surface area contributed by atoms with Gasteiger partial charge in [0.15, 0.2) is 5.78 Å². The number of rotatable bonds is 5. The van der Waals surface area contributed by atoms with E-state index < -0.39 is 4.92 Å². The Bertz CT molecular complexity index is 785. The largest absolute Gasteiger partial charge is 0.353 e. The average molecular weight is 341 g/mol. The Morgan fingerprint density at radius 2 is 1.84 bits per heavy atom. The van der Waals surface area contributed by atoms with Crippen LogP contribution in [0.15, 0.2) is 30.6 Å². The summed E-state index contributed by atoms with van der Waals surface area (Å²) in [5.41, 5.74) is 1.08. The van der Waals surface area contributed by atoms with Crippen LogP contribution < -0.4 is 10.2 Å². The summed E-state index contributed by atoms with van der Waals surface area (Å²) in [7, 11) is 0. The van der Waals surface area contributed by atoms with Gasteiger partial charge in [-0.15, -0.1) is 0 Å². The molecule has 1 saturated heterocycles. The molecule has 0 saturated carbocycles. The first-order chi connectivity index (χ1) is 12.1. The number of aromatic nitrogens is 2. The quantitative estimate of drug-likeness (QED) is 0.505. The van der Waals surface area contributed by atoms with Gasteiger partial charge >= 0.3 is 5.69 Å². The molecule has 0 unspecified atom stereocenters. The molecular formula is C17H19N5O3. The van der Waals surface area contributed by atoms with Gasteiger partial charge in [0.1, 0.15) is 6.33 Å². The Morgan fingerprint density at radius 3 is 2.44 bits per heavy atom. The topological polar surface area (TPSA) is 101 Å². The van der Waals surface area contributed by atoms with Gasteiger partial charge in [-0.2, -0.15) is 0 Å². The van der Waals surface area contributed by atoms with E-state index in [-0.39, 0.29) is 17.3 Å². The Morgan fingerprint density at radius 1 is 1.16 bits per heavy atom. The van der Waals surface area contributed by atoms with Crippen LogP contribution in [0.4, 0.5) is 23.0 Å². The van der Waals surface area contributed by atoms with E-state index in [2.05, 4.69) is 15.3 Å². The molecule has 2 aromatic rings. The third-order valence-corrected chi connectivity index (χ3v) is 4.20. The summed E-state index contributed by atoms with van der Waals surface area (Å²) in [5.74, 6) is 0.464. The number of piperidine rings is 1. The summed E-state index contributed by atoms with van der Waals surface area (Å²) < 4.78 is 0. The summed E-state index contributed by atoms with van der Waals surface area (Å²) in [6.07, 6.45) is 4.46. The SMILES string of the molecule is CC(=O)c1ccc(Nc2ncnc(N3CCCCC3)c2[N+](=O)[O-])cc1. The Balaban J connectivity index is 1.92. The van der Waals surface area contributed by atoms with Gasteiger partial charge in [0, 0.05) is 24.3 Å². The van der Waals surface area contributed by atoms with Crippen LogP contribution in [-0.4, -0.2) is 33.8 Å². The van der Waals surface area contributed by atoms with E-state index in [4.69, 9.17) is 0 Å². The fraction of sp³-hybridized carbons (Fsp3) is 0.353. The third kappa shape index (κ3) is 3.73. The van der Waals surface area contributed by atoms with Gasteiger partial charge in [0.25, 0.3) is 0 Å². The lowest BCUT2D eigenvalue weighted by atomic mass is 10.1. The normalized spacial score (nSPS) is 14.2. The van der Waals surface area contributed by atoms with Crippen LogP contribution in [0.1, 0.15) is 36.5 Å². The molecule has 1 aromatic heterocycles.